The summed E-state index contributed by atoms with van der Waals surface area (Å²) in [7, 11) is 0. The molecule has 0 bridgehead atoms. The lowest BCUT2D eigenvalue weighted by Crippen LogP contribution is -2.50. The van der Waals surface area contributed by atoms with Crippen molar-refractivity contribution in [1.29, 1.82) is 0 Å². The molecular formula is C22H21N3O3. The summed E-state index contributed by atoms with van der Waals surface area (Å²) >= 11 is 0. The van der Waals surface area contributed by atoms with Gasteiger partial charge in [-0.3, -0.25) is 9.59 Å². The molecule has 0 saturated carbocycles. The predicted molar refractivity (Wildman–Crippen MR) is 105 cm³/mol. The van der Waals surface area contributed by atoms with Gasteiger partial charge in [0.25, 0.3) is 11.8 Å². The first-order valence-corrected chi connectivity index (χ1v) is 9.29. The van der Waals surface area contributed by atoms with Gasteiger partial charge in [-0.1, -0.05) is 47.6 Å². The average molecular weight is 375 g/mol. The number of amides is 2. The summed E-state index contributed by atoms with van der Waals surface area (Å²) in [6.45, 7) is 3.73. The van der Waals surface area contributed by atoms with Crippen molar-refractivity contribution < 1.29 is 14.1 Å². The minimum absolute atomic E-state index is 0.0102. The van der Waals surface area contributed by atoms with E-state index in [0.29, 0.717) is 43.2 Å². The van der Waals surface area contributed by atoms with Gasteiger partial charge in [0, 0.05) is 37.8 Å². The maximum absolute atomic E-state index is 12.8. The largest absolute Gasteiger partial charge is 0.361 e. The number of piperazine rings is 1. The molecule has 2 aromatic carbocycles. The maximum atomic E-state index is 12.8. The second-order valence-corrected chi connectivity index (χ2v) is 6.85. The lowest BCUT2D eigenvalue weighted by Gasteiger charge is -2.34. The van der Waals surface area contributed by atoms with Crippen molar-refractivity contribution in [1.82, 2.24) is 15.0 Å². The van der Waals surface area contributed by atoms with Gasteiger partial charge in [-0.25, -0.2) is 0 Å². The van der Waals surface area contributed by atoms with Gasteiger partial charge in [0.05, 0.1) is 0 Å². The molecule has 6 heteroatoms. The monoisotopic (exact) mass is 375 g/mol. The first kappa shape index (κ1) is 18.0. The quantitative estimate of drug-likeness (QED) is 0.705. The number of aromatic nitrogens is 1. The molecule has 1 aliphatic heterocycles. The fraction of sp³-hybridized carbons (Fsp3) is 0.227. The summed E-state index contributed by atoms with van der Waals surface area (Å²) in [6, 6.07) is 19.4. The Labute approximate surface area is 163 Å². The van der Waals surface area contributed by atoms with Crippen molar-refractivity contribution in [2.24, 2.45) is 0 Å². The molecule has 0 unspecified atom stereocenters. The SMILES string of the molecule is Cc1cc(C(=O)N2CCN(C(=O)c3ccc(-c4ccccc4)cc3)CC2)no1. The molecule has 1 fully saturated rings. The number of carbonyl (C=O) groups excluding carboxylic acids is 2. The molecule has 28 heavy (non-hydrogen) atoms. The van der Waals surface area contributed by atoms with E-state index < -0.39 is 0 Å². The molecule has 2 amide bonds. The van der Waals surface area contributed by atoms with Crippen LogP contribution in [-0.4, -0.2) is 52.9 Å². The third kappa shape index (κ3) is 3.67. The Morgan fingerprint density at radius 2 is 1.39 bits per heavy atom. The van der Waals surface area contributed by atoms with E-state index in [2.05, 4.69) is 5.16 Å². The molecule has 1 aromatic heterocycles. The fourth-order valence-electron chi connectivity index (χ4n) is 3.36. The molecular weight excluding hydrogens is 354 g/mol. The van der Waals surface area contributed by atoms with Crippen molar-refractivity contribution in [2.75, 3.05) is 26.2 Å². The molecule has 1 saturated heterocycles. The first-order chi connectivity index (χ1) is 13.6. The van der Waals surface area contributed by atoms with Crippen molar-refractivity contribution in [3.8, 4) is 11.1 Å². The number of rotatable bonds is 3. The third-order valence-corrected chi connectivity index (χ3v) is 4.94. The molecule has 6 nitrogen and oxygen atoms in total. The molecule has 1 aliphatic rings. The Morgan fingerprint density at radius 1 is 0.821 bits per heavy atom. The Hall–Kier alpha value is -3.41. The second-order valence-electron chi connectivity index (χ2n) is 6.85. The van der Waals surface area contributed by atoms with Gasteiger partial charge >= 0.3 is 0 Å². The standard InChI is InChI=1S/C22H21N3O3/c1-16-15-20(23-28-16)22(27)25-13-11-24(12-14-25)21(26)19-9-7-18(8-10-19)17-5-3-2-4-6-17/h2-10,15H,11-14H2,1H3. The van der Waals surface area contributed by atoms with Gasteiger partial charge in [-0.05, 0) is 30.2 Å². The molecule has 3 aromatic rings. The number of benzene rings is 2. The van der Waals surface area contributed by atoms with Gasteiger partial charge in [0.15, 0.2) is 5.69 Å². The van der Waals surface area contributed by atoms with E-state index in [4.69, 9.17) is 4.52 Å². The zero-order valence-corrected chi connectivity index (χ0v) is 15.7. The maximum Gasteiger partial charge on any atom is 0.276 e. The van der Waals surface area contributed by atoms with Crippen molar-refractivity contribution in [2.45, 2.75) is 6.92 Å². The van der Waals surface area contributed by atoms with Crippen LogP contribution < -0.4 is 0 Å². The summed E-state index contributed by atoms with van der Waals surface area (Å²) in [4.78, 5) is 28.7. The summed E-state index contributed by atoms with van der Waals surface area (Å²) in [5, 5.41) is 3.78. The van der Waals surface area contributed by atoms with Crippen LogP contribution in [0.3, 0.4) is 0 Å². The molecule has 142 valence electrons. The number of aryl methyl sites for hydroxylation is 1. The first-order valence-electron chi connectivity index (χ1n) is 9.29. The van der Waals surface area contributed by atoms with E-state index in [0.717, 1.165) is 11.1 Å². The highest BCUT2D eigenvalue weighted by Crippen LogP contribution is 2.20. The van der Waals surface area contributed by atoms with Gasteiger partial charge in [-0.2, -0.15) is 0 Å². The molecule has 2 heterocycles. The highest BCUT2D eigenvalue weighted by atomic mass is 16.5. The van der Waals surface area contributed by atoms with E-state index in [1.165, 1.54) is 0 Å². The van der Waals surface area contributed by atoms with Gasteiger partial charge in [0.1, 0.15) is 5.76 Å². The van der Waals surface area contributed by atoms with Gasteiger partial charge in [0.2, 0.25) is 0 Å². The molecule has 4 rings (SSSR count). The number of hydrogen-bond donors (Lipinski definition) is 0. The summed E-state index contributed by atoms with van der Waals surface area (Å²) < 4.78 is 4.97. The minimum Gasteiger partial charge on any atom is -0.361 e. The third-order valence-electron chi connectivity index (χ3n) is 4.94. The van der Waals surface area contributed by atoms with Crippen molar-refractivity contribution in [3.63, 3.8) is 0 Å². The van der Waals surface area contributed by atoms with E-state index >= 15 is 0 Å². The van der Waals surface area contributed by atoms with Crippen LogP contribution in [0.2, 0.25) is 0 Å². The Balaban J connectivity index is 1.38. The smallest absolute Gasteiger partial charge is 0.276 e. The Kier molecular flexibility index (Phi) is 4.93. The van der Waals surface area contributed by atoms with E-state index in [9.17, 15) is 9.59 Å². The Bertz CT molecular complexity index is 972. The lowest BCUT2D eigenvalue weighted by molar-refractivity contribution is 0.0530. The zero-order valence-electron chi connectivity index (χ0n) is 15.7. The molecule has 0 N–H and O–H groups in total. The van der Waals surface area contributed by atoms with Crippen LogP contribution in [0.15, 0.2) is 65.2 Å². The number of nitrogens with zero attached hydrogens (tertiary/aromatic N) is 3. The number of carbonyl (C=O) groups is 2. The normalized spacial score (nSPS) is 14.2. The molecule has 0 spiro atoms. The van der Waals surface area contributed by atoms with Gasteiger partial charge in [-0.15, -0.1) is 0 Å². The highest BCUT2D eigenvalue weighted by molar-refractivity contribution is 5.95. The van der Waals surface area contributed by atoms with Crippen molar-refractivity contribution in [3.05, 3.63) is 77.7 Å². The Morgan fingerprint density at radius 3 is 1.96 bits per heavy atom. The van der Waals surface area contributed by atoms with Crippen LogP contribution in [0.1, 0.15) is 26.6 Å². The summed E-state index contributed by atoms with van der Waals surface area (Å²) in [5.74, 6) is 0.441. The fourth-order valence-corrected chi connectivity index (χ4v) is 3.36. The number of hydrogen-bond acceptors (Lipinski definition) is 4. The predicted octanol–water partition coefficient (Wildman–Crippen LogP) is 3.25. The minimum atomic E-state index is -0.156. The van der Waals surface area contributed by atoms with Crippen LogP contribution in [0, 0.1) is 6.92 Å². The molecule has 0 atom stereocenters. The summed E-state index contributed by atoms with van der Waals surface area (Å²) in [5.41, 5.74) is 3.17. The average Bonchev–Trinajstić information content (AvgIpc) is 3.20. The van der Waals surface area contributed by atoms with Crippen LogP contribution in [0.4, 0.5) is 0 Å². The van der Waals surface area contributed by atoms with Crippen LogP contribution in [0.25, 0.3) is 11.1 Å². The van der Waals surface area contributed by atoms with Gasteiger partial charge < -0.3 is 14.3 Å². The van der Waals surface area contributed by atoms with E-state index in [1.54, 1.807) is 22.8 Å². The van der Waals surface area contributed by atoms with E-state index in [1.807, 2.05) is 54.6 Å². The van der Waals surface area contributed by atoms with Crippen LogP contribution >= 0.6 is 0 Å². The lowest BCUT2D eigenvalue weighted by atomic mass is 10.0. The molecule has 0 aliphatic carbocycles. The second kappa shape index (κ2) is 7.68. The van der Waals surface area contributed by atoms with Crippen LogP contribution in [-0.2, 0) is 0 Å². The van der Waals surface area contributed by atoms with E-state index in [-0.39, 0.29) is 11.8 Å². The van der Waals surface area contributed by atoms with Crippen molar-refractivity contribution >= 4 is 11.8 Å². The molecule has 0 radical (unpaired) electrons. The summed E-state index contributed by atoms with van der Waals surface area (Å²) in [6.07, 6.45) is 0. The highest BCUT2D eigenvalue weighted by Gasteiger charge is 2.26. The topological polar surface area (TPSA) is 66.7 Å². The zero-order chi connectivity index (χ0) is 19.5. The van der Waals surface area contributed by atoms with Crippen LogP contribution in [0.5, 0.6) is 0 Å².